The van der Waals surface area contributed by atoms with E-state index in [1.165, 1.54) is 0 Å². The Hall–Kier alpha value is -1.10. The van der Waals surface area contributed by atoms with E-state index in [0.717, 1.165) is 31.5 Å². The van der Waals surface area contributed by atoms with Crippen LogP contribution < -0.4 is 10.6 Å². The van der Waals surface area contributed by atoms with Crippen LogP contribution in [-0.2, 0) is 4.79 Å². The number of hydrogen-bond donors (Lipinski definition) is 3. The molecule has 3 N–H and O–H groups in total. The molecule has 0 spiro atoms. The lowest BCUT2D eigenvalue weighted by Gasteiger charge is -2.25. The highest BCUT2D eigenvalue weighted by Gasteiger charge is 2.22. The van der Waals surface area contributed by atoms with Crippen LogP contribution in [0.25, 0.3) is 0 Å². The number of piperidine rings is 1. The highest BCUT2D eigenvalue weighted by Crippen LogP contribution is 2.18. The van der Waals surface area contributed by atoms with Crippen LogP contribution in [0.3, 0.4) is 0 Å². The number of rotatable bonds is 5. The van der Waals surface area contributed by atoms with Crippen molar-refractivity contribution in [1.29, 1.82) is 0 Å². The van der Waals surface area contributed by atoms with Gasteiger partial charge in [0.2, 0.25) is 5.91 Å². The molecule has 4 nitrogen and oxygen atoms in total. The molecule has 1 aromatic carbocycles. The summed E-state index contributed by atoms with van der Waals surface area (Å²) in [5.74, 6) is 0.242. The first-order valence-electron chi connectivity index (χ1n) is 7.41. The monoisotopic (exact) mass is 312 g/mol. The van der Waals surface area contributed by atoms with Crippen LogP contribution in [0.5, 0.6) is 0 Å². The number of aliphatic hydroxyl groups excluding tert-OH is 1. The Morgan fingerprint density at radius 3 is 2.57 bits per heavy atom. The van der Waals surface area contributed by atoms with Gasteiger partial charge < -0.3 is 15.7 Å². The van der Waals surface area contributed by atoms with Crippen molar-refractivity contribution in [2.75, 3.05) is 13.1 Å². The molecule has 0 radical (unpaired) electrons. The highest BCUT2D eigenvalue weighted by molar-refractivity contribution is 5.85. The van der Waals surface area contributed by atoms with Crippen LogP contribution in [0, 0.1) is 5.92 Å². The molecule has 1 aliphatic heterocycles. The molecule has 1 saturated heterocycles. The first kappa shape index (κ1) is 18.0. The maximum Gasteiger partial charge on any atom is 0.223 e. The first-order valence-corrected chi connectivity index (χ1v) is 7.41. The summed E-state index contributed by atoms with van der Waals surface area (Å²) in [6.07, 6.45) is 1.82. The summed E-state index contributed by atoms with van der Waals surface area (Å²) in [5, 5.41) is 16.4. The third-order valence-corrected chi connectivity index (χ3v) is 3.86. The van der Waals surface area contributed by atoms with E-state index in [2.05, 4.69) is 10.6 Å². The van der Waals surface area contributed by atoms with Gasteiger partial charge in [-0.25, -0.2) is 0 Å². The third kappa shape index (κ3) is 5.65. The van der Waals surface area contributed by atoms with Crippen LogP contribution in [-0.4, -0.2) is 30.1 Å². The van der Waals surface area contributed by atoms with E-state index >= 15 is 0 Å². The summed E-state index contributed by atoms with van der Waals surface area (Å²) in [6, 6.07) is 9.55. The Balaban J connectivity index is 0.00000220. The minimum absolute atomic E-state index is 0. The van der Waals surface area contributed by atoms with Gasteiger partial charge in [-0.3, -0.25) is 4.79 Å². The van der Waals surface area contributed by atoms with Crippen molar-refractivity contribution in [2.24, 2.45) is 5.92 Å². The molecule has 1 amide bonds. The van der Waals surface area contributed by atoms with Crippen molar-refractivity contribution < 1.29 is 9.90 Å². The van der Waals surface area contributed by atoms with Gasteiger partial charge in [-0.05, 0) is 44.8 Å². The van der Waals surface area contributed by atoms with Crippen molar-refractivity contribution in [3.63, 3.8) is 0 Å². The SMILES string of the molecule is CC(CC(O)c1ccccc1)NC(=O)C1CCNCC1.Cl. The van der Waals surface area contributed by atoms with Gasteiger partial charge in [0.1, 0.15) is 0 Å². The van der Waals surface area contributed by atoms with E-state index in [4.69, 9.17) is 0 Å². The largest absolute Gasteiger partial charge is 0.388 e. The lowest BCUT2D eigenvalue weighted by atomic mass is 9.96. The zero-order chi connectivity index (χ0) is 14.4. The predicted octanol–water partition coefficient (Wildman–Crippen LogP) is 2.04. The Morgan fingerprint density at radius 1 is 1.33 bits per heavy atom. The Labute approximate surface area is 132 Å². The summed E-state index contributed by atoms with van der Waals surface area (Å²) in [5.41, 5.74) is 0.899. The van der Waals surface area contributed by atoms with Crippen LogP contribution >= 0.6 is 12.4 Å². The van der Waals surface area contributed by atoms with Gasteiger partial charge in [0.15, 0.2) is 0 Å². The van der Waals surface area contributed by atoms with Crippen molar-refractivity contribution in [1.82, 2.24) is 10.6 Å². The predicted molar refractivity (Wildman–Crippen MR) is 86.5 cm³/mol. The van der Waals surface area contributed by atoms with Gasteiger partial charge in [0.25, 0.3) is 0 Å². The van der Waals surface area contributed by atoms with Gasteiger partial charge in [-0.2, -0.15) is 0 Å². The van der Waals surface area contributed by atoms with E-state index < -0.39 is 6.10 Å². The second-order valence-electron chi connectivity index (χ2n) is 5.60. The topological polar surface area (TPSA) is 61.4 Å². The molecule has 2 unspecified atom stereocenters. The van der Waals surface area contributed by atoms with Crippen molar-refractivity contribution in [2.45, 2.75) is 38.3 Å². The van der Waals surface area contributed by atoms with Crippen molar-refractivity contribution >= 4 is 18.3 Å². The molecule has 2 rings (SSSR count). The fourth-order valence-electron chi connectivity index (χ4n) is 2.65. The maximum absolute atomic E-state index is 12.1. The molecule has 1 fully saturated rings. The van der Waals surface area contributed by atoms with Crippen LogP contribution in [0.1, 0.15) is 37.9 Å². The molecule has 118 valence electrons. The van der Waals surface area contributed by atoms with Gasteiger partial charge in [0.05, 0.1) is 6.10 Å². The van der Waals surface area contributed by atoms with Gasteiger partial charge in [-0.1, -0.05) is 30.3 Å². The molecule has 1 heterocycles. The molecule has 5 heteroatoms. The number of carbonyl (C=O) groups is 1. The molecule has 0 bridgehead atoms. The van der Waals surface area contributed by atoms with Crippen molar-refractivity contribution in [3.05, 3.63) is 35.9 Å². The summed E-state index contributed by atoms with van der Waals surface area (Å²) in [4.78, 5) is 12.1. The average Bonchev–Trinajstić information content (AvgIpc) is 2.49. The molecular weight excluding hydrogens is 288 g/mol. The minimum Gasteiger partial charge on any atom is -0.388 e. The van der Waals surface area contributed by atoms with E-state index in [-0.39, 0.29) is 30.3 Å². The molecule has 0 aliphatic carbocycles. The van der Waals surface area contributed by atoms with E-state index in [0.29, 0.717) is 6.42 Å². The molecule has 2 atom stereocenters. The minimum atomic E-state index is -0.528. The summed E-state index contributed by atoms with van der Waals surface area (Å²) < 4.78 is 0. The molecule has 21 heavy (non-hydrogen) atoms. The van der Waals surface area contributed by atoms with E-state index in [1.807, 2.05) is 37.3 Å². The fourth-order valence-corrected chi connectivity index (χ4v) is 2.65. The zero-order valence-corrected chi connectivity index (χ0v) is 13.2. The molecule has 1 aromatic rings. The number of halogens is 1. The van der Waals surface area contributed by atoms with Crippen LogP contribution in [0.4, 0.5) is 0 Å². The third-order valence-electron chi connectivity index (χ3n) is 3.86. The number of amides is 1. The lowest BCUT2D eigenvalue weighted by molar-refractivity contribution is -0.126. The summed E-state index contributed by atoms with van der Waals surface area (Å²) in [6.45, 7) is 3.78. The summed E-state index contributed by atoms with van der Waals surface area (Å²) >= 11 is 0. The highest BCUT2D eigenvalue weighted by atomic mass is 35.5. The maximum atomic E-state index is 12.1. The average molecular weight is 313 g/mol. The normalized spacial score (nSPS) is 18.4. The molecule has 0 aromatic heterocycles. The summed E-state index contributed by atoms with van der Waals surface area (Å²) in [7, 11) is 0. The van der Waals surface area contributed by atoms with E-state index in [9.17, 15) is 9.90 Å². The second-order valence-corrected chi connectivity index (χ2v) is 5.60. The smallest absolute Gasteiger partial charge is 0.223 e. The van der Waals surface area contributed by atoms with E-state index in [1.54, 1.807) is 0 Å². The number of aliphatic hydroxyl groups is 1. The second kappa shape index (κ2) is 9.03. The number of benzene rings is 1. The molecule has 0 saturated carbocycles. The van der Waals surface area contributed by atoms with Gasteiger partial charge in [0, 0.05) is 12.0 Å². The van der Waals surface area contributed by atoms with Crippen molar-refractivity contribution in [3.8, 4) is 0 Å². The Morgan fingerprint density at radius 2 is 1.95 bits per heavy atom. The van der Waals surface area contributed by atoms with Gasteiger partial charge >= 0.3 is 0 Å². The Kier molecular flexibility index (Phi) is 7.72. The number of carbonyl (C=O) groups excluding carboxylic acids is 1. The quantitative estimate of drug-likeness (QED) is 0.779. The zero-order valence-electron chi connectivity index (χ0n) is 12.4. The standard InChI is InChI=1S/C16H24N2O2.ClH/c1-12(11-15(19)13-5-3-2-4-6-13)18-16(20)14-7-9-17-10-8-14;/h2-6,12,14-15,17,19H,7-11H2,1H3,(H,18,20);1H. The van der Waals surface area contributed by atoms with Crippen LogP contribution in [0.2, 0.25) is 0 Å². The molecule has 1 aliphatic rings. The van der Waals surface area contributed by atoms with Gasteiger partial charge in [-0.15, -0.1) is 12.4 Å². The number of nitrogens with one attached hydrogen (secondary N) is 2. The molecular formula is C16H25ClN2O2. The number of hydrogen-bond acceptors (Lipinski definition) is 3. The Bertz CT molecular complexity index is 422. The fraction of sp³-hybridized carbons (Fsp3) is 0.562. The lowest BCUT2D eigenvalue weighted by Crippen LogP contribution is -2.42. The van der Waals surface area contributed by atoms with Crippen LogP contribution in [0.15, 0.2) is 30.3 Å². The first-order chi connectivity index (χ1) is 9.66.